The maximum Gasteiger partial charge on any atom is 0.263 e. The second-order valence-electron chi connectivity index (χ2n) is 6.63. The first-order chi connectivity index (χ1) is 14.5. The minimum Gasteiger partial charge on any atom is -0.497 e. The van der Waals surface area contributed by atoms with Gasteiger partial charge >= 0.3 is 0 Å². The van der Waals surface area contributed by atoms with Crippen LogP contribution in [0.4, 0.5) is 11.6 Å². The number of ether oxygens (including phenoxy) is 1. The van der Waals surface area contributed by atoms with E-state index in [2.05, 4.69) is 25.7 Å². The van der Waals surface area contributed by atoms with Crippen LogP contribution in [0.2, 0.25) is 0 Å². The van der Waals surface area contributed by atoms with Crippen molar-refractivity contribution in [2.75, 3.05) is 17.7 Å². The van der Waals surface area contributed by atoms with E-state index in [4.69, 9.17) is 4.74 Å². The van der Waals surface area contributed by atoms with Crippen LogP contribution < -0.4 is 20.9 Å². The van der Waals surface area contributed by atoms with Gasteiger partial charge in [-0.05, 0) is 43.3 Å². The van der Waals surface area contributed by atoms with Gasteiger partial charge in [-0.25, -0.2) is 4.68 Å². The number of hydrogen-bond acceptors (Lipinski definition) is 6. The topological polar surface area (TPSA) is 114 Å². The van der Waals surface area contributed by atoms with Crippen molar-refractivity contribution >= 4 is 28.6 Å². The molecule has 9 heteroatoms. The molecule has 0 spiro atoms. The molecule has 3 N–H and O–H groups in total. The van der Waals surface area contributed by atoms with Crippen LogP contribution in [0.5, 0.6) is 5.75 Å². The van der Waals surface area contributed by atoms with E-state index in [0.29, 0.717) is 22.5 Å². The second kappa shape index (κ2) is 8.08. The summed E-state index contributed by atoms with van der Waals surface area (Å²) in [6, 6.07) is 15.7. The number of benzene rings is 2. The molecule has 1 atom stereocenters. The lowest BCUT2D eigenvalue weighted by Gasteiger charge is -2.14. The molecule has 0 bridgehead atoms. The number of fused-ring (bicyclic) bond motifs is 1. The van der Waals surface area contributed by atoms with E-state index < -0.39 is 6.04 Å². The minimum absolute atomic E-state index is 0.183. The van der Waals surface area contributed by atoms with E-state index in [1.165, 1.54) is 6.20 Å². The zero-order chi connectivity index (χ0) is 21.1. The summed E-state index contributed by atoms with van der Waals surface area (Å²) in [5.74, 6) is 0.603. The molecule has 0 radical (unpaired) electrons. The molecule has 4 rings (SSSR count). The summed E-state index contributed by atoms with van der Waals surface area (Å²) in [6.07, 6.45) is 1.47. The van der Waals surface area contributed by atoms with Crippen molar-refractivity contribution in [2.24, 2.45) is 0 Å². The van der Waals surface area contributed by atoms with Crippen molar-refractivity contribution in [1.29, 1.82) is 0 Å². The number of rotatable bonds is 6. The SMILES string of the molecule is COc1ccc(NC(=O)[C@@H](C)Nc2nc3c(cnn3-c3ccccc3)c(=O)[nH]2)cc1. The Kier molecular flexibility index (Phi) is 5.17. The number of carbonyl (C=O) groups is 1. The van der Waals surface area contributed by atoms with Gasteiger partial charge in [0.15, 0.2) is 5.65 Å². The highest BCUT2D eigenvalue weighted by Gasteiger charge is 2.16. The Morgan fingerprint density at radius 3 is 2.57 bits per heavy atom. The van der Waals surface area contributed by atoms with E-state index in [0.717, 1.165) is 5.69 Å². The number of H-pyrrole nitrogens is 1. The number of nitrogens with zero attached hydrogens (tertiary/aromatic N) is 3. The molecule has 0 saturated heterocycles. The van der Waals surface area contributed by atoms with Crippen molar-refractivity contribution in [3.8, 4) is 11.4 Å². The average Bonchev–Trinajstić information content (AvgIpc) is 3.19. The number of para-hydroxylation sites is 1. The molecule has 9 nitrogen and oxygen atoms in total. The Bertz CT molecular complexity index is 1230. The Balaban J connectivity index is 1.55. The van der Waals surface area contributed by atoms with Gasteiger partial charge in [-0.3, -0.25) is 14.6 Å². The number of methoxy groups -OCH3 is 1. The number of hydrogen-bond donors (Lipinski definition) is 3. The Morgan fingerprint density at radius 1 is 1.13 bits per heavy atom. The Hall–Kier alpha value is -4.14. The lowest BCUT2D eigenvalue weighted by atomic mass is 10.2. The largest absolute Gasteiger partial charge is 0.497 e. The number of nitrogens with one attached hydrogen (secondary N) is 3. The predicted molar refractivity (Wildman–Crippen MR) is 114 cm³/mol. The van der Waals surface area contributed by atoms with Gasteiger partial charge in [0.1, 0.15) is 17.2 Å². The van der Waals surface area contributed by atoms with E-state index in [-0.39, 0.29) is 17.4 Å². The number of aromatic amines is 1. The third kappa shape index (κ3) is 3.86. The van der Waals surface area contributed by atoms with Crippen molar-refractivity contribution in [2.45, 2.75) is 13.0 Å². The zero-order valence-corrected chi connectivity index (χ0v) is 16.4. The number of carbonyl (C=O) groups excluding carboxylic acids is 1. The molecule has 2 heterocycles. The van der Waals surface area contributed by atoms with Crippen LogP contribution in [0, 0.1) is 0 Å². The summed E-state index contributed by atoms with van der Waals surface area (Å²) in [7, 11) is 1.58. The normalized spacial score (nSPS) is 11.8. The average molecular weight is 404 g/mol. The number of anilines is 2. The van der Waals surface area contributed by atoms with Gasteiger partial charge in [-0.1, -0.05) is 18.2 Å². The molecule has 0 saturated carbocycles. The van der Waals surface area contributed by atoms with Gasteiger partial charge in [-0.15, -0.1) is 0 Å². The summed E-state index contributed by atoms with van der Waals surface area (Å²) >= 11 is 0. The molecular weight excluding hydrogens is 384 g/mol. The molecule has 152 valence electrons. The first kappa shape index (κ1) is 19.2. The quantitative estimate of drug-likeness (QED) is 0.455. The van der Waals surface area contributed by atoms with Crippen molar-refractivity contribution < 1.29 is 9.53 Å². The maximum atomic E-state index is 12.5. The first-order valence-corrected chi connectivity index (χ1v) is 9.30. The van der Waals surface area contributed by atoms with Crippen LogP contribution in [0.25, 0.3) is 16.7 Å². The molecule has 2 aromatic heterocycles. The van der Waals surface area contributed by atoms with Crippen molar-refractivity contribution in [1.82, 2.24) is 19.7 Å². The summed E-state index contributed by atoms with van der Waals surface area (Å²) in [5.41, 5.74) is 1.47. The van der Waals surface area contributed by atoms with Crippen LogP contribution in [0.3, 0.4) is 0 Å². The van der Waals surface area contributed by atoms with Crippen LogP contribution in [0.15, 0.2) is 65.6 Å². The van der Waals surface area contributed by atoms with E-state index in [1.807, 2.05) is 30.3 Å². The number of aromatic nitrogens is 4. The standard InChI is InChI=1S/C21H20N6O3/c1-13(19(28)24-14-8-10-16(30-2)11-9-14)23-21-25-18-17(20(29)26-21)12-22-27(18)15-6-4-3-5-7-15/h3-13H,1-2H3,(H,24,28)(H2,23,25,26,29)/t13-/m1/s1. The van der Waals surface area contributed by atoms with E-state index in [9.17, 15) is 9.59 Å². The van der Waals surface area contributed by atoms with Gasteiger partial charge in [0.05, 0.1) is 19.0 Å². The Labute approximate surface area is 171 Å². The Morgan fingerprint density at radius 2 is 1.87 bits per heavy atom. The number of amides is 1. The van der Waals surface area contributed by atoms with Crippen molar-refractivity contribution in [3.05, 3.63) is 71.1 Å². The molecule has 0 aliphatic heterocycles. The van der Waals surface area contributed by atoms with Gasteiger partial charge in [-0.2, -0.15) is 10.1 Å². The maximum absolute atomic E-state index is 12.5. The molecular formula is C21H20N6O3. The highest BCUT2D eigenvalue weighted by atomic mass is 16.5. The van der Waals surface area contributed by atoms with Crippen LogP contribution in [0.1, 0.15) is 6.92 Å². The smallest absolute Gasteiger partial charge is 0.263 e. The lowest BCUT2D eigenvalue weighted by molar-refractivity contribution is -0.116. The molecule has 2 aromatic carbocycles. The van der Waals surface area contributed by atoms with Crippen LogP contribution in [-0.2, 0) is 4.79 Å². The third-order valence-electron chi connectivity index (χ3n) is 4.54. The monoisotopic (exact) mass is 404 g/mol. The van der Waals surface area contributed by atoms with E-state index >= 15 is 0 Å². The fraction of sp³-hybridized carbons (Fsp3) is 0.143. The zero-order valence-electron chi connectivity index (χ0n) is 16.4. The summed E-state index contributed by atoms with van der Waals surface area (Å²) in [6.45, 7) is 1.68. The van der Waals surface area contributed by atoms with Gasteiger partial charge in [0, 0.05) is 5.69 Å². The lowest BCUT2D eigenvalue weighted by Crippen LogP contribution is -2.33. The second-order valence-corrected chi connectivity index (χ2v) is 6.63. The molecule has 1 amide bonds. The summed E-state index contributed by atoms with van der Waals surface area (Å²) in [4.78, 5) is 32.1. The molecule has 0 aliphatic rings. The van der Waals surface area contributed by atoms with Gasteiger partial charge in [0.25, 0.3) is 5.56 Å². The van der Waals surface area contributed by atoms with Crippen molar-refractivity contribution in [3.63, 3.8) is 0 Å². The van der Waals surface area contributed by atoms with Crippen LogP contribution >= 0.6 is 0 Å². The van der Waals surface area contributed by atoms with Gasteiger partial charge in [0.2, 0.25) is 11.9 Å². The fourth-order valence-electron chi connectivity index (χ4n) is 2.94. The highest BCUT2D eigenvalue weighted by Crippen LogP contribution is 2.17. The molecule has 0 aliphatic carbocycles. The molecule has 4 aromatic rings. The molecule has 0 fully saturated rings. The molecule has 30 heavy (non-hydrogen) atoms. The summed E-state index contributed by atoms with van der Waals surface area (Å²) < 4.78 is 6.69. The van der Waals surface area contributed by atoms with E-state index in [1.54, 1.807) is 43.0 Å². The van der Waals surface area contributed by atoms with Crippen LogP contribution in [-0.4, -0.2) is 38.8 Å². The third-order valence-corrected chi connectivity index (χ3v) is 4.54. The summed E-state index contributed by atoms with van der Waals surface area (Å²) in [5, 5.41) is 10.4. The first-order valence-electron chi connectivity index (χ1n) is 9.30. The fourth-order valence-corrected chi connectivity index (χ4v) is 2.94. The predicted octanol–water partition coefficient (Wildman–Crippen LogP) is 2.56. The minimum atomic E-state index is -0.652. The molecule has 0 unspecified atom stereocenters. The van der Waals surface area contributed by atoms with Gasteiger partial charge < -0.3 is 15.4 Å². The highest BCUT2D eigenvalue weighted by molar-refractivity contribution is 5.96.